The van der Waals surface area contributed by atoms with E-state index in [1.807, 2.05) is 39.8 Å². The van der Waals surface area contributed by atoms with Crippen LogP contribution < -0.4 is 10.2 Å². The van der Waals surface area contributed by atoms with Gasteiger partial charge in [0.2, 0.25) is 0 Å². The van der Waals surface area contributed by atoms with E-state index in [0.29, 0.717) is 6.54 Å². The summed E-state index contributed by atoms with van der Waals surface area (Å²) in [5.74, 6) is 0. The number of fused-ring (bicyclic) bond motifs is 1. The van der Waals surface area contributed by atoms with Crippen molar-refractivity contribution in [3.05, 3.63) is 22.2 Å². The minimum atomic E-state index is -0.483. The van der Waals surface area contributed by atoms with Crippen molar-refractivity contribution in [2.45, 2.75) is 33.3 Å². The Labute approximate surface area is 122 Å². The van der Waals surface area contributed by atoms with E-state index in [2.05, 4.69) is 21.2 Å². The van der Waals surface area contributed by atoms with Crippen LogP contribution in [0.3, 0.4) is 0 Å². The van der Waals surface area contributed by atoms with Crippen LogP contribution in [0.1, 0.15) is 26.3 Å². The number of ether oxygens (including phenoxy) is 1. The number of benzene rings is 1. The molecule has 1 aromatic carbocycles. The van der Waals surface area contributed by atoms with E-state index in [0.717, 1.165) is 28.0 Å². The Morgan fingerprint density at radius 1 is 1.42 bits per heavy atom. The fraction of sp³-hybridized carbons (Fsp3) is 0.500. The molecule has 104 valence electrons. The summed E-state index contributed by atoms with van der Waals surface area (Å²) in [6, 6.07) is 3.98. The summed E-state index contributed by atoms with van der Waals surface area (Å²) in [4.78, 5) is 13.9. The van der Waals surface area contributed by atoms with Crippen molar-refractivity contribution in [1.29, 1.82) is 0 Å². The van der Waals surface area contributed by atoms with Crippen LogP contribution in [0.2, 0.25) is 0 Å². The lowest BCUT2D eigenvalue weighted by Gasteiger charge is -2.33. The smallest absolute Gasteiger partial charge is 0.414 e. The molecule has 0 aliphatic carbocycles. The Kier molecular flexibility index (Phi) is 3.76. The van der Waals surface area contributed by atoms with Crippen molar-refractivity contribution < 1.29 is 9.53 Å². The van der Waals surface area contributed by atoms with E-state index in [9.17, 15) is 4.79 Å². The van der Waals surface area contributed by atoms with Crippen LogP contribution in [0.15, 0.2) is 16.6 Å². The molecule has 0 spiro atoms. The molecule has 0 atom stereocenters. The van der Waals surface area contributed by atoms with E-state index < -0.39 is 5.60 Å². The van der Waals surface area contributed by atoms with E-state index in [4.69, 9.17) is 4.74 Å². The molecule has 0 fully saturated rings. The number of aryl methyl sites for hydroxylation is 1. The highest BCUT2D eigenvalue weighted by molar-refractivity contribution is 9.10. The molecular weight excluding hydrogens is 308 g/mol. The lowest BCUT2D eigenvalue weighted by molar-refractivity contribution is 0.0581. The zero-order chi connectivity index (χ0) is 14.2. The molecule has 1 N–H and O–H groups in total. The van der Waals surface area contributed by atoms with Gasteiger partial charge in [0, 0.05) is 17.6 Å². The van der Waals surface area contributed by atoms with Gasteiger partial charge in [-0.15, -0.1) is 0 Å². The van der Waals surface area contributed by atoms with Crippen LogP contribution >= 0.6 is 15.9 Å². The fourth-order valence-electron chi connectivity index (χ4n) is 2.09. The fourth-order valence-corrected chi connectivity index (χ4v) is 2.65. The van der Waals surface area contributed by atoms with Crippen molar-refractivity contribution in [3.63, 3.8) is 0 Å². The third kappa shape index (κ3) is 3.21. The van der Waals surface area contributed by atoms with Crippen LogP contribution in [0.5, 0.6) is 0 Å². The quantitative estimate of drug-likeness (QED) is 0.785. The van der Waals surface area contributed by atoms with E-state index >= 15 is 0 Å². The summed E-state index contributed by atoms with van der Waals surface area (Å²) >= 11 is 3.47. The second kappa shape index (κ2) is 5.04. The molecule has 0 saturated carbocycles. The molecule has 0 aromatic heterocycles. The average Bonchev–Trinajstić information content (AvgIpc) is 2.25. The van der Waals surface area contributed by atoms with Gasteiger partial charge in [-0.2, -0.15) is 0 Å². The molecule has 0 bridgehead atoms. The Balaban J connectivity index is 2.34. The van der Waals surface area contributed by atoms with Gasteiger partial charge in [0.15, 0.2) is 0 Å². The van der Waals surface area contributed by atoms with Gasteiger partial charge in [-0.1, -0.05) is 15.9 Å². The van der Waals surface area contributed by atoms with Crippen molar-refractivity contribution >= 4 is 33.4 Å². The number of carbonyl (C=O) groups is 1. The van der Waals surface area contributed by atoms with E-state index in [1.165, 1.54) is 0 Å². The van der Waals surface area contributed by atoms with Gasteiger partial charge in [-0.25, -0.2) is 4.79 Å². The highest BCUT2D eigenvalue weighted by Gasteiger charge is 2.28. The Morgan fingerprint density at radius 3 is 2.74 bits per heavy atom. The van der Waals surface area contributed by atoms with Gasteiger partial charge in [0.05, 0.1) is 11.4 Å². The zero-order valence-electron chi connectivity index (χ0n) is 11.7. The summed E-state index contributed by atoms with van der Waals surface area (Å²) in [5, 5.41) is 3.34. The predicted octanol–water partition coefficient (Wildman–Crippen LogP) is 3.92. The highest BCUT2D eigenvalue weighted by atomic mass is 79.9. The van der Waals surface area contributed by atoms with E-state index in [-0.39, 0.29) is 6.09 Å². The number of hydrogen-bond donors (Lipinski definition) is 1. The third-order valence-electron chi connectivity index (χ3n) is 2.82. The number of hydrogen-bond acceptors (Lipinski definition) is 3. The Bertz CT molecular complexity index is 509. The Morgan fingerprint density at radius 2 is 2.11 bits per heavy atom. The normalized spacial score (nSPS) is 14.7. The second-order valence-electron chi connectivity index (χ2n) is 5.68. The van der Waals surface area contributed by atoms with Crippen LogP contribution in [-0.4, -0.2) is 24.8 Å². The number of amides is 1. The lowest BCUT2D eigenvalue weighted by atomic mass is 10.1. The average molecular weight is 327 g/mol. The van der Waals surface area contributed by atoms with Crippen LogP contribution in [0.25, 0.3) is 0 Å². The molecule has 1 amide bonds. The lowest BCUT2D eigenvalue weighted by Crippen LogP contribution is -2.42. The first kappa shape index (κ1) is 14.2. The van der Waals surface area contributed by atoms with Crippen LogP contribution in [0.4, 0.5) is 16.2 Å². The SMILES string of the molecule is Cc1cc(Br)cc2c1NCCN2C(=O)OC(C)(C)C. The van der Waals surface area contributed by atoms with E-state index in [1.54, 1.807) is 4.90 Å². The molecular formula is C14H19BrN2O2. The van der Waals surface area contributed by atoms with Gasteiger partial charge in [0.25, 0.3) is 0 Å². The molecule has 1 heterocycles. The number of nitrogens with zero attached hydrogens (tertiary/aromatic N) is 1. The number of halogens is 1. The van der Waals surface area contributed by atoms with Gasteiger partial charge in [-0.3, -0.25) is 4.90 Å². The number of anilines is 2. The molecule has 5 heteroatoms. The van der Waals surface area contributed by atoms with Gasteiger partial charge < -0.3 is 10.1 Å². The maximum absolute atomic E-state index is 12.3. The number of carbonyl (C=O) groups excluding carboxylic acids is 1. The first-order valence-electron chi connectivity index (χ1n) is 6.32. The topological polar surface area (TPSA) is 41.6 Å². The molecule has 1 aromatic rings. The Hall–Kier alpha value is -1.23. The summed E-state index contributed by atoms with van der Waals surface area (Å²) in [7, 11) is 0. The number of nitrogens with one attached hydrogen (secondary N) is 1. The summed E-state index contributed by atoms with van der Waals surface area (Å²) in [5.41, 5.74) is 2.49. The van der Waals surface area contributed by atoms with Gasteiger partial charge in [-0.05, 0) is 45.4 Å². The maximum Gasteiger partial charge on any atom is 0.414 e. The molecule has 4 nitrogen and oxygen atoms in total. The first-order valence-corrected chi connectivity index (χ1v) is 7.12. The number of rotatable bonds is 0. The largest absolute Gasteiger partial charge is 0.443 e. The van der Waals surface area contributed by atoms with Crippen LogP contribution in [-0.2, 0) is 4.74 Å². The summed E-state index contributed by atoms with van der Waals surface area (Å²) in [6.45, 7) is 8.99. The molecule has 1 aliphatic rings. The molecule has 0 unspecified atom stereocenters. The van der Waals surface area contributed by atoms with Gasteiger partial charge in [0.1, 0.15) is 5.60 Å². The third-order valence-corrected chi connectivity index (χ3v) is 3.28. The summed E-state index contributed by atoms with van der Waals surface area (Å²) < 4.78 is 6.42. The highest BCUT2D eigenvalue weighted by Crippen LogP contribution is 2.35. The maximum atomic E-state index is 12.3. The van der Waals surface area contributed by atoms with Crippen molar-refractivity contribution in [3.8, 4) is 0 Å². The zero-order valence-corrected chi connectivity index (χ0v) is 13.3. The second-order valence-corrected chi connectivity index (χ2v) is 6.59. The minimum absolute atomic E-state index is 0.298. The van der Waals surface area contributed by atoms with Crippen molar-refractivity contribution in [1.82, 2.24) is 0 Å². The van der Waals surface area contributed by atoms with Gasteiger partial charge >= 0.3 is 6.09 Å². The minimum Gasteiger partial charge on any atom is -0.443 e. The summed E-state index contributed by atoms with van der Waals surface area (Å²) in [6.07, 6.45) is -0.298. The molecule has 0 radical (unpaired) electrons. The molecule has 2 rings (SSSR count). The van der Waals surface area contributed by atoms with Crippen molar-refractivity contribution in [2.24, 2.45) is 0 Å². The molecule has 1 aliphatic heterocycles. The monoisotopic (exact) mass is 326 g/mol. The molecule has 0 saturated heterocycles. The predicted molar refractivity (Wildman–Crippen MR) is 80.9 cm³/mol. The van der Waals surface area contributed by atoms with Crippen LogP contribution in [0, 0.1) is 6.92 Å². The standard InChI is InChI=1S/C14H19BrN2O2/c1-9-7-10(15)8-11-12(9)16-5-6-17(11)13(18)19-14(2,3)4/h7-8,16H,5-6H2,1-4H3. The first-order chi connectivity index (χ1) is 8.78. The van der Waals surface area contributed by atoms with Crippen molar-refractivity contribution in [2.75, 3.05) is 23.3 Å². The molecule has 19 heavy (non-hydrogen) atoms.